The van der Waals surface area contributed by atoms with Crippen LogP contribution in [-0.4, -0.2) is 24.0 Å². The van der Waals surface area contributed by atoms with Gasteiger partial charge in [0, 0.05) is 30.7 Å². The van der Waals surface area contributed by atoms with Crippen LogP contribution in [0.25, 0.3) is 0 Å². The zero-order chi connectivity index (χ0) is 18.6. The quantitative estimate of drug-likeness (QED) is 0.750. The molecule has 0 fully saturated rings. The molecule has 1 amide bonds. The van der Waals surface area contributed by atoms with Crippen LogP contribution in [0.4, 0.5) is 15.8 Å². The highest BCUT2D eigenvalue weighted by molar-refractivity contribution is 5.93. The first kappa shape index (κ1) is 17.2. The van der Waals surface area contributed by atoms with Crippen molar-refractivity contribution in [2.24, 2.45) is 0 Å². The summed E-state index contributed by atoms with van der Waals surface area (Å²) in [6.45, 7) is 1.37. The number of pyridine rings is 1. The minimum atomic E-state index is -0.257. The number of halogens is 1. The molecule has 5 heteroatoms. The van der Waals surface area contributed by atoms with Gasteiger partial charge in [0.05, 0.1) is 0 Å². The maximum atomic E-state index is 12.9. The zero-order valence-corrected chi connectivity index (χ0v) is 14.9. The van der Waals surface area contributed by atoms with Gasteiger partial charge in [-0.1, -0.05) is 30.3 Å². The molecule has 136 valence electrons. The van der Waals surface area contributed by atoms with E-state index in [0.29, 0.717) is 18.7 Å². The molecule has 1 N–H and O–H groups in total. The molecule has 0 bridgehead atoms. The number of fused-ring (bicyclic) bond motifs is 1. The molecule has 4 rings (SSSR count). The first-order valence-electron chi connectivity index (χ1n) is 9.05. The maximum Gasteiger partial charge on any atom is 0.269 e. The molecular formula is C22H20FN3O. The van der Waals surface area contributed by atoms with E-state index in [1.165, 1.54) is 23.4 Å². The molecule has 0 spiro atoms. The number of carbonyl (C=O) groups excluding carboxylic acids is 1. The first-order valence-corrected chi connectivity index (χ1v) is 9.05. The van der Waals surface area contributed by atoms with Crippen molar-refractivity contribution in [3.63, 3.8) is 0 Å². The first-order chi connectivity index (χ1) is 13.2. The summed E-state index contributed by atoms with van der Waals surface area (Å²) in [5.41, 5.74) is 4.85. The highest BCUT2D eigenvalue weighted by atomic mass is 19.1. The van der Waals surface area contributed by atoms with Crippen molar-refractivity contribution in [3.8, 4) is 0 Å². The predicted molar refractivity (Wildman–Crippen MR) is 104 cm³/mol. The third-order valence-electron chi connectivity index (χ3n) is 4.79. The van der Waals surface area contributed by atoms with Crippen LogP contribution in [0.5, 0.6) is 0 Å². The summed E-state index contributed by atoms with van der Waals surface area (Å²) in [7, 11) is 0. The van der Waals surface area contributed by atoms with Crippen LogP contribution in [0.15, 0.2) is 66.9 Å². The summed E-state index contributed by atoms with van der Waals surface area (Å²) in [5, 5.41) is 2.89. The highest BCUT2D eigenvalue weighted by Crippen LogP contribution is 2.34. The molecule has 1 aliphatic heterocycles. The lowest BCUT2D eigenvalue weighted by Gasteiger charge is -2.19. The van der Waals surface area contributed by atoms with Crippen molar-refractivity contribution in [1.29, 1.82) is 0 Å². The number of benzene rings is 2. The Hall–Kier alpha value is -3.21. The summed E-state index contributed by atoms with van der Waals surface area (Å²) in [6.07, 6.45) is 3.31. The van der Waals surface area contributed by atoms with Crippen molar-refractivity contribution in [1.82, 2.24) is 10.3 Å². The Balaban J connectivity index is 1.41. The van der Waals surface area contributed by atoms with Crippen molar-refractivity contribution < 1.29 is 9.18 Å². The van der Waals surface area contributed by atoms with Gasteiger partial charge in [0.15, 0.2) is 0 Å². The van der Waals surface area contributed by atoms with Crippen molar-refractivity contribution in [3.05, 3.63) is 89.5 Å². The summed E-state index contributed by atoms with van der Waals surface area (Å²) in [4.78, 5) is 18.9. The third-order valence-corrected chi connectivity index (χ3v) is 4.79. The van der Waals surface area contributed by atoms with Crippen molar-refractivity contribution in [2.45, 2.75) is 12.8 Å². The van der Waals surface area contributed by atoms with Gasteiger partial charge in [0.1, 0.15) is 11.5 Å². The summed E-state index contributed by atoms with van der Waals surface area (Å²) < 4.78 is 12.9. The zero-order valence-electron chi connectivity index (χ0n) is 14.9. The largest absolute Gasteiger partial charge is 0.350 e. The van der Waals surface area contributed by atoms with E-state index in [4.69, 9.17) is 0 Å². The van der Waals surface area contributed by atoms with Gasteiger partial charge < -0.3 is 10.2 Å². The second kappa shape index (κ2) is 7.58. The molecule has 0 atom stereocenters. The van der Waals surface area contributed by atoms with E-state index in [2.05, 4.69) is 33.4 Å². The molecule has 1 aromatic heterocycles. The summed E-state index contributed by atoms with van der Waals surface area (Å²) in [6, 6.07) is 18.4. The molecule has 27 heavy (non-hydrogen) atoms. The lowest BCUT2D eigenvalue weighted by molar-refractivity contribution is 0.0949. The van der Waals surface area contributed by atoms with E-state index in [9.17, 15) is 9.18 Å². The SMILES string of the molecule is O=C(NCCc1ccc(F)cc1)c1cc(N2CCc3ccccc32)ccn1. The Morgan fingerprint density at radius 2 is 1.93 bits per heavy atom. The van der Waals surface area contributed by atoms with Gasteiger partial charge >= 0.3 is 0 Å². The van der Waals surface area contributed by atoms with Crippen molar-refractivity contribution in [2.75, 3.05) is 18.0 Å². The molecule has 0 saturated carbocycles. The Labute approximate surface area is 157 Å². The topological polar surface area (TPSA) is 45.2 Å². The number of nitrogens with one attached hydrogen (secondary N) is 1. The standard InChI is InChI=1S/C22H20FN3O/c23-18-7-5-16(6-8-18)9-12-25-22(27)20-15-19(10-13-24-20)26-14-11-17-3-1-2-4-21(17)26/h1-8,10,13,15H,9,11-12,14H2,(H,25,27). The number of hydrogen-bond donors (Lipinski definition) is 1. The monoisotopic (exact) mass is 361 g/mol. The average Bonchev–Trinajstić information content (AvgIpc) is 3.14. The van der Waals surface area contributed by atoms with Crippen molar-refractivity contribution >= 4 is 17.3 Å². The van der Waals surface area contributed by atoms with Crippen LogP contribution in [0, 0.1) is 5.82 Å². The minimum absolute atomic E-state index is 0.202. The predicted octanol–water partition coefficient (Wildman–Crippen LogP) is 3.89. The number of aromatic nitrogens is 1. The summed E-state index contributed by atoms with van der Waals surface area (Å²) in [5.74, 6) is -0.460. The maximum absolute atomic E-state index is 12.9. The van der Waals surface area contributed by atoms with Gasteiger partial charge in [0.2, 0.25) is 0 Å². The highest BCUT2D eigenvalue weighted by Gasteiger charge is 2.20. The van der Waals surface area contributed by atoms with Crippen LogP contribution in [0.1, 0.15) is 21.6 Å². The molecule has 1 aliphatic rings. The van der Waals surface area contributed by atoms with Crippen LogP contribution in [0.3, 0.4) is 0 Å². The van der Waals surface area contributed by atoms with Gasteiger partial charge in [0.25, 0.3) is 5.91 Å². The second-order valence-electron chi connectivity index (χ2n) is 6.56. The molecule has 0 unspecified atom stereocenters. The lowest BCUT2D eigenvalue weighted by Crippen LogP contribution is -2.27. The Kier molecular flexibility index (Phi) is 4.83. The van der Waals surface area contributed by atoms with Gasteiger partial charge in [-0.25, -0.2) is 4.39 Å². The van der Waals surface area contributed by atoms with Gasteiger partial charge in [-0.2, -0.15) is 0 Å². The molecule has 2 aromatic carbocycles. The van der Waals surface area contributed by atoms with Crippen LogP contribution < -0.4 is 10.2 Å². The van der Waals surface area contributed by atoms with E-state index in [-0.39, 0.29) is 11.7 Å². The summed E-state index contributed by atoms with van der Waals surface area (Å²) >= 11 is 0. The van der Waals surface area contributed by atoms with E-state index in [1.54, 1.807) is 18.3 Å². The number of anilines is 2. The number of carbonyl (C=O) groups is 1. The Morgan fingerprint density at radius 1 is 1.11 bits per heavy atom. The molecule has 0 saturated heterocycles. The number of nitrogens with zero attached hydrogens (tertiary/aromatic N) is 2. The van der Waals surface area contributed by atoms with Gasteiger partial charge in [-0.3, -0.25) is 9.78 Å². The van der Waals surface area contributed by atoms with E-state index >= 15 is 0 Å². The Bertz CT molecular complexity index is 956. The smallest absolute Gasteiger partial charge is 0.269 e. The fourth-order valence-electron chi connectivity index (χ4n) is 3.38. The minimum Gasteiger partial charge on any atom is -0.350 e. The molecule has 3 aromatic rings. The normalized spacial score (nSPS) is 12.7. The van der Waals surface area contributed by atoms with Gasteiger partial charge in [-0.05, 0) is 54.3 Å². The van der Waals surface area contributed by atoms with E-state index in [1.807, 2.05) is 18.2 Å². The second-order valence-corrected chi connectivity index (χ2v) is 6.56. The number of para-hydroxylation sites is 1. The molecule has 0 radical (unpaired) electrons. The van der Waals surface area contributed by atoms with E-state index < -0.39 is 0 Å². The molecule has 4 nitrogen and oxygen atoms in total. The van der Waals surface area contributed by atoms with Gasteiger partial charge in [-0.15, -0.1) is 0 Å². The van der Waals surface area contributed by atoms with Crippen LogP contribution in [-0.2, 0) is 12.8 Å². The molecule has 0 aliphatic carbocycles. The molecule has 2 heterocycles. The number of amides is 1. The third kappa shape index (κ3) is 3.82. The van der Waals surface area contributed by atoms with Crippen LogP contribution in [0.2, 0.25) is 0 Å². The fraction of sp³-hybridized carbons (Fsp3) is 0.182. The number of rotatable bonds is 5. The molecular weight excluding hydrogens is 341 g/mol. The fourth-order valence-corrected chi connectivity index (χ4v) is 3.38. The van der Waals surface area contributed by atoms with Crippen LogP contribution >= 0.6 is 0 Å². The van der Waals surface area contributed by atoms with E-state index in [0.717, 1.165) is 24.2 Å². The lowest BCUT2D eigenvalue weighted by atomic mass is 10.1. The average molecular weight is 361 g/mol. The Morgan fingerprint density at radius 3 is 2.78 bits per heavy atom. The number of hydrogen-bond acceptors (Lipinski definition) is 3.